The molecular weight excluding hydrogens is 452 g/mol. The molecule has 4 atom stereocenters. The number of carbonyl (C=O) groups excluding carboxylic acids is 2. The van der Waals surface area contributed by atoms with Gasteiger partial charge in [0, 0.05) is 6.04 Å². The van der Waals surface area contributed by atoms with Crippen molar-refractivity contribution in [3.8, 4) is 0 Å². The van der Waals surface area contributed by atoms with Crippen LogP contribution < -0.4 is 10.2 Å². The summed E-state index contributed by atoms with van der Waals surface area (Å²) in [5.41, 5.74) is 0.746. The van der Waals surface area contributed by atoms with Crippen molar-refractivity contribution < 1.29 is 19.5 Å². The molecule has 2 amide bonds. The number of aliphatic carboxylic acids is 1. The van der Waals surface area contributed by atoms with Crippen molar-refractivity contribution in [3.05, 3.63) is 114 Å². The van der Waals surface area contributed by atoms with Crippen molar-refractivity contribution in [2.75, 3.05) is 4.90 Å². The highest BCUT2D eigenvalue weighted by atomic mass is 16.4. The lowest BCUT2D eigenvalue weighted by atomic mass is 9.75. The molecule has 2 saturated heterocycles. The molecule has 4 unspecified atom stereocenters. The van der Waals surface area contributed by atoms with Crippen molar-refractivity contribution in [3.63, 3.8) is 0 Å². The van der Waals surface area contributed by atoms with Crippen LogP contribution in [0.4, 0.5) is 5.69 Å². The van der Waals surface area contributed by atoms with Gasteiger partial charge in [-0.15, -0.1) is 0 Å². The van der Waals surface area contributed by atoms with Gasteiger partial charge >= 0.3 is 5.97 Å². The number of rotatable bonds is 4. The number of para-hydroxylation sites is 1. The molecule has 0 aromatic heterocycles. The number of hydrogen-bond donors (Lipinski definition) is 2. The Bertz CT molecular complexity index is 1530. The summed E-state index contributed by atoms with van der Waals surface area (Å²) in [5, 5.41) is 15.9. The van der Waals surface area contributed by atoms with Crippen LogP contribution >= 0.6 is 0 Å². The third kappa shape index (κ3) is 2.98. The van der Waals surface area contributed by atoms with E-state index in [9.17, 15) is 19.5 Å². The lowest BCUT2D eigenvalue weighted by Crippen LogP contribution is -2.53. The monoisotopic (exact) mass is 476 g/mol. The molecule has 4 aromatic rings. The number of carbonyl (C=O) groups is 3. The van der Waals surface area contributed by atoms with Crippen LogP contribution in [-0.2, 0) is 19.9 Å². The van der Waals surface area contributed by atoms with E-state index in [1.54, 1.807) is 42.5 Å². The predicted molar refractivity (Wildman–Crippen MR) is 136 cm³/mol. The summed E-state index contributed by atoms with van der Waals surface area (Å²) in [4.78, 5) is 42.5. The number of carboxylic acids is 1. The fourth-order valence-corrected chi connectivity index (χ4v) is 6.03. The molecule has 6 nitrogen and oxygen atoms in total. The second kappa shape index (κ2) is 8.14. The summed E-state index contributed by atoms with van der Waals surface area (Å²) in [5.74, 6) is -4.07. The Kier molecular flexibility index (Phi) is 5.02. The summed E-state index contributed by atoms with van der Waals surface area (Å²) >= 11 is 0. The van der Waals surface area contributed by atoms with Gasteiger partial charge in [0.25, 0.3) is 0 Å². The average molecular weight is 477 g/mol. The highest BCUT2D eigenvalue weighted by Gasteiger charge is 2.69. The standard InChI is InChI=1S/C30H24N2O4/c1-18-10-5-8-17-23(18)32-27(33)24-25(28(32)34)30(29(35)36,20-13-3-2-4-14-20)31-26(24)22-16-9-12-19-11-6-7-15-21(19)22/h2-17,24-26,31H,1H3,(H,35,36). The maximum atomic E-state index is 14.1. The quantitative estimate of drug-likeness (QED) is 0.421. The number of nitrogens with one attached hydrogen (secondary N) is 1. The van der Waals surface area contributed by atoms with Crippen LogP contribution in [0.25, 0.3) is 10.8 Å². The van der Waals surface area contributed by atoms with E-state index in [0.717, 1.165) is 21.9 Å². The number of nitrogens with zero attached hydrogens (tertiary/aromatic N) is 1. The topological polar surface area (TPSA) is 86.7 Å². The smallest absolute Gasteiger partial charge is 0.329 e. The molecular formula is C30H24N2O4. The van der Waals surface area contributed by atoms with Gasteiger partial charge in [0.2, 0.25) is 11.8 Å². The van der Waals surface area contributed by atoms with Crippen LogP contribution in [0.15, 0.2) is 97.1 Å². The normalized spacial score (nSPS) is 25.4. The first-order valence-electron chi connectivity index (χ1n) is 11.9. The Labute approximate surface area is 208 Å². The molecule has 2 heterocycles. The van der Waals surface area contributed by atoms with Crippen molar-refractivity contribution in [1.82, 2.24) is 5.32 Å². The minimum atomic E-state index is -1.77. The molecule has 2 N–H and O–H groups in total. The van der Waals surface area contributed by atoms with E-state index in [-0.39, 0.29) is 5.91 Å². The van der Waals surface area contributed by atoms with Crippen LogP contribution in [0.5, 0.6) is 0 Å². The van der Waals surface area contributed by atoms with Crippen molar-refractivity contribution in [1.29, 1.82) is 0 Å². The Hall–Kier alpha value is -4.29. The second-order valence-electron chi connectivity index (χ2n) is 9.47. The lowest BCUT2D eigenvalue weighted by molar-refractivity contribution is -0.149. The van der Waals surface area contributed by atoms with Crippen molar-refractivity contribution in [2.24, 2.45) is 11.8 Å². The van der Waals surface area contributed by atoms with Gasteiger partial charge in [0.1, 0.15) is 0 Å². The number of anilines is 1. The Morgan fingerprint density at radius 3 is 2.25 bits per heavy atom. The van der Waals surface area contributed by atoms with E-state index in [4.69, 9.17) is 0 Å². The highest BCUT2D eigenvalue weighted by Crippen LogP contribution is 2.54. The SMILES string of the molecule is Cc1ccccc1N1C(=O)C2C(c3cccc4ccccc34)NC(C(=O)O)(c3ccccc3)C2C1=O. The summed E-state index contributed by atoms with van der Waals surface area (Å²) in [6.45, 7) is 1.84. The molecule has 4 aromatic carbocycles. The molecule has 0 spiro atoms. The van der Waals surface area contributed by atoms with E-state index >= 15 is 0 Å². The zero-order valence-corrected chi connectivity index (χ0v) is 19.6. The molecule has 6 rings (SSSR count). The van der Waals surface area contributed by atoms with E-state index in [2.05, 4.69) is 5.32 Å². The van der Waals surface area contributed by atoms with Crippen molar-refractivity contribution in [2.45, 2.75) is 18.5 Å². The maximum absolute atomic E-state index is 14.1. The number of hydrogen-bond acceptors (Lipinski definition) is 4. The summed E-state index contributed by atoms with van der Waals surface area (Å²) in [6.07, 6.45) is 0. The first-order valence-corrected chi connectivity index (χ1v) is 11.9. The van der Waals surface area contributed by atoms with E-state index < -0.39 is 35.3 Å². The zero-order chi connectivity index (χ0) is 25.0. The Morgan fingerprint density at radius 2 is 1.50 bits per heavy atom. The van der Waals surface area contributed by atoms with Gasteiger partial charge in [-0.1, -0.05) is 91.0 Å². The largest absolute Gasteiger partial charge is 0.480 e. The highest BCUT2D eigenvalue weighted by molar-refractivity contribution is 6.24. The second-order valence-corrected chi connectivity index (χ2v) is 9.47. The van der Waals surface area contributed by atoms with E-state index in [1.165, 1.54) is 4.90 Å². The van der Waals surface area contributed by atoms with Crippen LogP contribution in [0.2, 0.25) is 0 Å². The third-order valence-electron chi connectivity index (χ3n) is 7.64. The fraction of sp³-hybridized carbons (Fsp3) is 0.167. The number of carboxylic acid groups (broad SMARTS) is 1. The summed E-state index contributed by atoms with van der Waals surface area (Å²) < 4.78 is 0. The molecule has 0 bridgehead atoms. The first-order chi connectivity index (χ1) is 17.4. The number of imide groups is 1. The molecule has 6 heteroatoms. The van der Waals surface area contributed by atoms with Gasteiger partial charge in [-0.3, -0.25) is 14.9 Å². The molecule has 0 radical (unpaired) electrons. The molecule has 2 fully saturated rings. The van der Waals surface area contributed by atoms with Gasteiger partial charge in [-0.25, -0.2) is 9.69 Å². The van der Waals surface area contributed by atoms with Crippen LogP contribution in [-0.4, -0.2) is 22.9 Å². The number of fused-ring (bicyclic) bond motifs is 2. The van der Waals surface area contributed by atoms with Gasteiger partial charge in [0.15, 0.2) is 5.54 Å². The van der Waals surface area contributed by atoms with Crippen molar-refractivity contribution >= 4 is 34.2 Å². The number of amides is 2. The maximum Gasteiger partial charge on any atom is 0.329 e. The summed E-state index contributed by atoms with van der Waals surface area (Å²) in [7, 11) is 0. The first kappa shape index (κ1) is 22.2. The van der Waals surface area contributed by atoms with Gasteiger partial charge in [-0.05, 0) is 40.5 Å². The predicted octanol–water partition coefficient (Wildman–Crippen LogP) is 4.58. The van der Waals surface area contributed by atoms with E-state index in [1.807, 2.05) is 61.5 Å². The zero-order valence-electron chi connectivity index (χ0n) is 19.6. The van der Waals surface area contributed by atoms with Gasteiger partial charge in [0.05, 0.1) is 17.5 Å². The molecule has 2 aliphatic rings. The van der Waals surface area contributed by atoms with E-state index in [0.29, 0.717) is 11.3 Å². The fourth-order valence-electron chi connectivity index (χ4n) is 6.03. The molecule has 0 saturated carbocycles. The van der Waals surface area contributed by atoms with Gasteiger partial charge in [-0.2, -0.15) is 0 Å². The molecule has 0 aliphatic carbocycles. The lowest BCUT2D eigenvalue weighted by Gasteiger charge is -2.32. The number of benzene rings is 4. The molecule has 2 aliphatic heterocycles. The molecule has 178 valence electrons. The van der Waals surface area contributed by atoms with Crippen LogP contribution in [0.3, 0.4) is 0 Å². The van der Waals surface area contributed by atoms with Crippen LogP contribution in [0.1, 0.15) is 22.7 Å². The molecule has 36 heavy (non-hydrogen) atoms. The minimum absolute atomic E-state index is 0.385. The minimum Gasteiger partial charge on any atom is -0.480 e. The van der Waals surface area contributed by atoms with Gasteiger partial charge < -0.3 is 5.11 Å². The summed E-state index contributed by atoms with van der Waals surface area (Å²) in [6, 6.07) is 28.8. The number of aryl methyl sites for hydroxylation is 1. The Morgan fingerprint density at radius 1 is 0.833 bits per heavy atom. The Balaban J connectivity index is 1.61. The third-order valence-corrected chi connectivity index (χ3v) is 7.64. The van der Waals surface area contributed by atoms with Crippen LogP contribution in [0, 0.1) is 18.8 Å². The average Bonchev–Trinajstić information content (AvgIpc) is 3.39.